The molecule has 0 bridgehead atoms. The maximum Gasteiger partial charge on any atom is 0.224 e. The second-order valence-corrected chi connectivity index (χ2v) is 4.97. The van der Waals surface area contributed by atoms with Crippen LogP contribution in [0.2, 0.25) is 0 Å². The van der Waals surface area contributed by atoms with Gasteiger partial charge in [-0.2, -0.15) is 0 Å². The van der Waals surface area contributed by atoms with E-state index in [2.05, 4.69) is 5.32 Å². The Morgan fingerprint density at radius 3 is 2.79 bits per heavy atom. The molecule has 0 aliphatic heterocycles. The topological polar surface area (TPSA) is 64.3 Å². The summed E-state index contributed by atoms with van der Waals surface area (Å²) in [6.07, 6.45) is 1.19. The van der Waals surface area contributed by atoms with Crippen LogP contribution in [0.25, 0.3) is 0 Å². The van der Waals surface area contributed by atoms with Crippen LogP contribution in [0.15, 0.2) is 18.2 Å². The Morgan fingerprint density at radius 2 is 2.21 bits per heavy atom. The van der Waals surface area contributed by atoms with Crippen LogP contribution >= 0.6 is 12.2 Å². The minimum atomic E-state index is -0.0351. The molecular weight excluding hydrogens is 260 g/mol. The van der Waals surface area contributed by atoms with Crippen LogP contribution in [0.5, 0.6) is 0 Å². The Kier molecular flexibility index (Phi) is 5.92. The van der Waals surface area contributed by atoms with Gasteiger partial charge in [-0.1, -0.05) is 24.4 Å². The first-order valence-electron chi connectivity index (χ1n) is 6.17. The molecule has 4 nitrogen and oxygen atoms in total. The molecule has 0 heterocycles. The SMILES string of the molecule is COC(C)CCC(=O)Nc1cc(C(N)=S)ccc1C. The first-order valence-corrected chi connectivity index (χ1v) is 6.58. The van der Waals surface area contributed by atoms with Crippen molar-refractivity contribution < 1.29 is 9.53 Å². The third kappa shape index (κ3) is 4.96. The number of rotatable bonds is 6. The largest absolute Gasteiger partial charge is 0.389 e. The molecule has 1 atom stereocenters. The number of hydrogen-bond acceptors (Lipinski definition) is 3. The van der Waals surface area contributed by atoms with Crippen LogP contribution in [0, 0.1) is 6.92 Å². The summed E-state index contributed by atoms with van der Waals surface area (Å²) < 4.78 is 5.11. The Labute approximate surface area is 119 Å². The monoisotopic (exact) mass is 280 g/mol. The molecule has 3 N–H and O–H groups in total. The van der Waals surface area contributed by atoms with E-state index in [1.807, 2.05) is 26.0 Å². The van der Waals surface area contributed by atoms with Crippen molar-refractivity contribution in [1.29, 1.82) is 0 Å². The highest BCUT2D eigenvalue weighted by molar-refractivity contribution is 7.80. The number of aryl methyl sites for hydroxylation is 1. The van der Waals surface area contributed by atoms with Gasteiger partial charge in [-0.05, 0) is 31.9 Å². The van der Waals surface area contributed by atoms with Crippen LogP contribution < -0.4 is 11.1 Å². The molecule has 0 aliphatic rings. The van der Waals surface area contributed by atoms with E-state index in [0.29, 0.717) is 17.8 Å². The standard InChI is InChI=1S/C14H20N2O2S/c1-9-4-6-11(14(15)19)8-12(9)16-13(17)7-5-10(2)18-3/h4,6,8,10H,5,7H2,1-3H3,(H2,15,19)(H,16,17). The summed E-state index contributed by atoms with van der Waals surface area (Å²) >= 11 is 4.93. The van der Waals surface area contributed by atoms with Gasteiger partial charge in [-0.25, -0.2) is 0 Å². The van der Waals surface area contributed by atoms with Crippen molar-refractivity contribution in [3.05, 3.63) is 29.3 Å². The third-order valence-corrected chi connectivity index (χ3v) is 3.21. The van der Waals surface area contributed by atoms with Crippen LogP contribution in [-0.2, 0) is 9.53 Å². The van der Waals surface area contributed by atoms with Crippen molar-refractivity contribution in [1.82, 2.24) is 0 Å². The highest BCUT2D eigenvalue weighted by Gasteiger charge is 2.09. The number of carbonyl (C=O) groups excluding carboxylic acids is 1. The fourth-order valence-electron chi connectivity index (χ4n) is 1.57. The number of anilines is 1. The summed E-state index contributed by atoms with van der Waals surface area (Å²) in [6, 6.07) is 5.54. The van der Waals surface area contributed by atoms with E-state index in [4.69, 9.17) is 22.7 Å². The van der Waals surface area contributed by atoms with Gasteiger partial charge < -0.3 is 15.8 Å². The summed E-state index contributed by atoms with van der Waals surface area (Å²) in [5.41, 5.74) is 8.06. The zero-order chi connectivity index (χ0) is 14.4. The van der Waals surface area contributed by atoms with Crippen molar-refractivity contribution in [2.75, 3.05) is 12.4 Å². The van der Waals surface area contributed by atoms with E-state index < -0.39 is 0 Å². The number of amides is 1. The quantitative estimate of drug-likeness (QED) is 0.785. The van der Waals surface area contributed by atoms with Crippen molar-refractivity contribution in [3.63, 3.8) is 0 Å². The molecule has 0 aromatic heterocycles. The van der Waals surface area contributed by atoms with E-state index in [0.717, 1.165) is 16.8 Å². The number of benzene rings is 1. The number of carbonyl (C=O) groups is 1. The minimum Gasteiger partial charge on any atom is -0.389 e. The molecule has 0 aliphatic carbocycles. The summed E-state index contributed by atoms with van der Waals surface area (Å²) in [7, 11) is 1.64. The van der Waals surface area contributed by atoms with Gasteiger partial charge in [0, 0.05) is 24.8 Å². The van der Waals surface area contributed by atoms with Crippen molar-refractivity contribution in [3.8, 4) is 0 Å². The van der Waals surface area contributed by atoms with Gasteiger partial charge >= 0.3 is 0 Å². The Bertz CT molecular complexity index is 475. The number of nitrogens with two attached hydrogens (primary N) is 1. The van der Waals surface area contributed by atoms with Crippen LogP contribution in [0.4, 0.5) is 5.69 Å². The van der Waals surface area contributed by atoms with E-state index in [1.54, 1.807) is 13.2 Å². The smallest absolute Gasteiger partial charge is 0.224 e. The van der Waals surface area contributed by atoms with Gasteiger partial charge in [-0.3, -0.25) is 4.79 Å². The number of ether oxygens (including phenoxy) is 1. The van der Waals surface area contributed by atoms with Crippen LogP contribution in [0.1, 0.15) is 30.9 Å². The highest BCUT2D eigenvalue weighted by Crippen LogP contribution is 2.17. The van der Waals surface area contributed by atoms with Gasteiger partial charge in [0.1, 0.15) is 4.99 Å². The third-order valence-electron chi connectivity index (χ3n) is 2.98. The Hall–Kier alpha value is -1.46. The molecule has 0 fully saturated rings. The molecule has 0 saturated carbocycles. The van der Waals surface area contributed by atoms with Crippen molar-refractivity contribution in [2.45, 2.75) is 32.8 Å². The zero-order valence-electron chi connectivity index (χ0n) is 11.5. The molecule has 5 heteroatoms. The summed E-state index contributed by atoms with van der Waals surface area (Å²) in [6.45, 7) is 3.86. The Morgan fingerprint density at radius 1 is 1.53 bits per heavy atom. The van der Waals surface area contributed by atoms with Gasteiger partial charge in [0.2, 0.25) is 5.91 Å². The molecule has 19 heavy (non-hydrogen) atoms. The lowest BCUT2D eigenvalue weighted by Gasteiger charge is -2.12. The lowest BCUT2D eigenvalue weighted by Crippen LogP contribution is -2.16. The number of methoxy groups -OCH3 is 1. The highest BCUT2D eigenvalue weighted by atomic mass is 32.1. The maximum absolute atomic E-state index is 11.8. The number of thiocarbonyl (C=S) groups is 1. The number of nitrogens with one attached hydrogen (secondary N) is 1. The van der Waals surface area contributed by atoms with E-state index in [-0.39, 0.29) is 12.0 Å². The predicted molar refractivity (Wildman–Crippen MR) is 81.4 cm³/mol. The van der Waals surface area contributed by atoms with Gasteiger partial charge in [0.25, 0.3) is 0 Å². The van der Waals surface area contributed by atoms with Gasteiger partial charge in [0.05, 0.1) is 6.10 Å². The van der Waals surface area contributed by atoms with Crippen molar-refractivity contribution in [2.24, 2.45) is 5.73 Å². The van der Waals surface area contributed by atoms with Crippen LogP contribution in [0.3, 0.4) is 0 Å². The first kappa shape index (κ1) is 15.6. The minimum absolute atomic E-state index is 0.0351. The summed E-state index contributed by atoms with van der Waals surface area (Å²) in [5.74, 6) is -0.0351. The van der Waals surface area contributed by atoms with Crippen molar-refractivity contribution >= 4 is 28.8 Å². The molecule has 0 saturated heterocycles. The Balaban J connectivity index is 2.68. The van der Waals surface area contributed by atoms with Crippen LogP contribution in [-0.4, -0.2) is 24.1 Å². The molecular formula is C14H20N2O2S. The average molecular weight is 280 g/mol. The molecule has 1 aromatic rings. The molecule has 1 aromatic carbocycles. The predicted octanol–water partition coefficient (Wildman–Crippen LogP) is 2.38. The fraction of sp³-hybridized carbons (Fsp3) is 0.429. The molecule has 0 spiro atoms. The molecule has 104 valence electrons. The molecule has 1 unspecified atom stereocenters. The average Bonchev–Trinajstić information content (AvgIpc) is 2.38. The zero-order valence-corrected chi connectivity index (χ0v) is 12.3. The summed E-state index contributed by atoms with van der Waals surface area (Å²) in [4.78, 5) is 12.2. The second kappa shape index (κ2) is 7.21. The number of hydrogen-bond donors (Lipinski definition) is 2. The van der Waals surface area contributed by atoms with E-state index in [1.165, 1.54) is 0 Å². The lowest BCUT2D eigenvalue weighted by molar-refractivity contribution is -0.116. The molecule has 0 radical (unpaired) electrons. The fourth-order valence-corrected chi connectivity index (χ4v) is 1.70. The molecule has 1 amide bonds. The van der Waals surface area contributed by atoms with Gasteiger partial charge in [-0.15, -0.1) is 0 Å². The van der Waals surface area contributed by atoms with E-state index in [9.17, 15) is 4.79 Å². The molecule has 1 rings (SSSR count). The van der Waals surface area contributed by atoms with E-state index >= 15 is 0 Å². The lowest BCUT2D eigenvalue weighted by atomic mass is 10.1. The normalized spacial score (nSPS) is 11.9. The second-order valence-electron chi connectivity index (χ2n) is 4.53. The first-order chi connectivity index (χ1) is 8.93. The summed E-state index contributed by atoms with van der Waals surface area (Å²) in [5, 5.41) is 2.88. The van der Waals surface area contributed by atoms with Gasteiger partial charge in [0.15, 0.2) is 0 Å². The maximum atomic E-state index is 11.8.